The van der Waals surface area contributed by atoms with Gasteiger partial charge >= 0.3 is 5.97 Å². The Kier molecular flexibility index (Phi) is 6.85. The fraction of sp³-hybridized carbons (Fsp3) is 0.846. The normalized spacial score (nSPS) is 13.2. The van der Waals surface area contributed by atoms with Crippen LogP contribution in [0.2, 0.25) is 0 Å². The molecule has 1 amide bonds. The first kappa shape index (κ1) is 15.9. The lowest BCUT2D eigenvalue weighted by Crippen LogP contribution is -2.32. The summed E-state index contributed by atoms with van der Waals surface area (Å²) in [5, 5.41) is 11.3. The highest BCUT2D eigenvalue weighted by Crippen LogP contribution is 2.21. The molecule has 0 aliphatic rings. The van der Waals surface area contributed by atoms with Gasteiger partial charge in [0.2, 0.25) is 5.91 Å². The van der Waals surface area contributed by atoms with E-state index in [4.69, 9.17) is 5.11 Å². The monoisotopic (exact) mass is 243 g/mol. The Morgan fingerprint density at radius 3 is 2.29 bits per heavy atom. The third-order valence-corrected chi connectivity index (χ3v) is 2.53. The molecule has 100 valence electrons. The summed E-state index contributed by atoms with van der Waals surface area (Å²) in [5.41, 5.74) is 0.259. The predicted molar refractivity (Wildman–Crippen MR) is 67.8 cm³/mol. The van der Waals surface area contributed by atoms with Gasteiger partial charge in [-0.1, -0.05) is 20.8 Å². The van der Waals surface area contributed by atoms with Crippen molar-refractivity contribution in [3.8, 4) is 0 Å². The molecule has 4 nitrogen and oxygen atoms in total. The molecule has 0 aromatic heterocycles. The lowest BCUT2D eigenvalue weighted by molar-refractivity contribution is -0.137. The SMILES string of the molecule is CC(CCC(=O)O)NC(=O)CCCC(C)(C)C. The molecule has 0 aliphatic carbocycles. The van der Waals surface area contributed by atoms with Crippen LogP contribution in [0.3, 0.4) is 0 Å². The molecule has 0 saturated heterocycles. The highest BCUT2D eigenvalue weighted by atomic mass is 16.4. The standard InChI is InChI=1S/C13H25NO3/c1-10(7-8-12(16)17)14-11(15)6-5-9-13(2,3)4/h10H,5-9H2,1-4H3,(H,14,15)(H,16,17). The summed E-state index contributed by atoms with van der Waals surface area (Å²) in [6.45, 7) is 8.30. The summed E-state index contributed by atoms with van der Waals surface area (Å²) < 4.78 is 0. The molecular weight excluding hydrogens is 218 g/mol. The maximum atomic E-state index is 11.5. The zero-order chi connectivity index (χ0) is 13.5. The summed E-state index contributed by atoms with van der Waals surface area (Å²) in [4.78, 5) is 21.9. The molecule has 0 rings (SSSR count). The van der Waals surface area contributed by atoms with Crippen molar-refractivity contribution in [2.45, 2.75) is 65.8 Å². The first-order valence-electron chi connectivity index (χ1n) is 6.22. The average Bonchev–Trinajstić information content (AvgIpc) is 2.12. The van der Waals surface area contributed by atoms with E-state index in [0.717, 1.165) is 12.8 Å². The third kappa shape index (κ3) is 11.2. The molecule has 0 aromatic carbocycles. The molecule has 1 unspecified atom stereocenters. The lowest BCUT2D eigenvalue weighted by atomic mass is 9.90. The smallest absolute Gasteiger partial charge is 0.303 e. The van der Waals surface area contributed by atoms with Crippen molar-refractivity contribution in [2.24, 2.45) is 5.41 Å². The number of amides is 1. The van der Waals surface area contributed by atoms with E-state index in [0.29, 0.717) is 12.8 Å². The van der Waals surface area contributed by atoms with Crippen molar-refractivity contribution in [2.75, 3.05) is 0 Å². The van der Waals surface area contributed by atoms with Crippen molar-refractivity contribution in [3.63, 3.8) is 0 Å². The van der Waals surface area contributed by atoms with Crippen molar-refractivity contribution in [1.82, 2.24) is 5.32 Å². The Hall–Kier alpha value is -1.06. The molecule has 17 heavy (non-hydrogen) atoms. The van der Waals surface area contributed by atoms with E-state index in [-0.39, 0.29) is 23.8 Å². The van der Waals surface area contributed by atoms with Gasteiger partial charge in [0.15, 0.2) is 0 Å². The van der Waals surface area contributed by atoms with Gasteiger partial charge in [0.1, 0.15) is 0 Å². The first-order chi connectivity index (χ1) is 7.70. The number of hydrogen-bond acceptors (Lipinski definition) is 2. The van der Waals surface area contributed by atoms with Crippen LogP contribution >= 0.6 is 0 Å². The van der Waals surface area contributed by atoms with Crippen LogP contribution in [0.25, 0.3) is 0 Å². The minimum atomic E-state index is -0.821. The Morgan fingerprint density at radius 2 is 1.82 bits per heavy atom. The molecule has 0 fully saturated rings. The van der Waals surface area contributed by atoms with E-state index >= 15 is 0 Å². The second-order valence-corrected chi connectivity index (χ2v) is 5.82. The number of rotatable bonds is 7. The second-order valence-electron chi connectivity index (χ2n) is 5.82. The molecule has 2 N–H and O–H groups in total. The van der Waals surface area contributed by atoms with Gasteiger partial charge in [-0.25, -0.2) is 0 Å². The Morgan fingerprint density at radius 1 is 1.24 bits per heavy atom. The van der Waals surface area contributed by atoms with Crippen LogP contribution in [0.5, 0.6) is 0 Å². The number of carbonyl (C=O) groups is 2. The van der Waals surface area contributed by atoms with Crippen molar-refractivity contribution < 1.29 is 14.7 Å². The number of hydrogen-bond donors (Lipinski definition) is 2. The van der Waals surface area contributed by atoms with Crippen molar-refractivity contribution >= 4 is 11.9 Å². The maximum Gasteiger partial charge on any atom is 0.303 e. The highest BCUT2D eigenvalue weighted by molar-refractivity contribution is 5.76. The Balaban J connectivity index is 3.68. The fourth-order valence-corrected chi connectivity index (χ4v) is 1.54. The molecule has 0 aliphatic heterocycles. The Bertz CT molecular complexity index is 256. The molecular formula is C13H25NO3. The van der Waals surface area contributed by atoms with Gasteiger partial charge in [0.25, 0.3) is 0 Å². The summed E-state index contributed by atoms with van der Waals surface area (Å²) in [5.74, 6) is -0.800. The number of carboxylic acid groups (broad SMARTS) is 1. The van der Waals surface area contributed by atoms with Crippen molar-refractivity contribution in [1.29, 1.82) is 0 Å². The van der Waals surface area contributed by atoms with Gasteiger partial charge in [-0.3, -0.25) is 9.59 Å². The molecule has 0 spiro atoms. The van der Waals surface area contributed by atoms with Gasteiger partial charge in [0.05, 0.1) is 0 Å². The van der Waals surface area contributed by atoms with Crippen LogP contribution in [0.4, 0.5) is 0 Å². The molecule has 0 saturated carbocycles. The van der Waals surface area contributed by atoms with Crippen LogP contribution in [0.15, 0.2) is 0 Å². The van der Waals surface area contributed by atoms with Crippen LogP contribution in [-0.2, 0) is 9.59 Å². The minimum Gasteiger partial charge on any atom is -0.481 e. The molecule has 0 aromatic rings. The fourth-order valence-electron chi connectivity index (χ4n) is 1.54. The van der Waals surface area contributed by atoms with Gasteiger partial charge in [-0.2, -0.15) is 0 Å². The highest BCUT2D eigenvalue weighted by Gasteiger charge is 2.12. The molecule has 0 bridgehead atoms. The molecule has 4 heteroatoms. The minimum absolute atomic E-state index is 0.0205. The van der Waals surface area contributed by atoms with E-state index in [1.54, 1.807) is 0 Å². The zero-order valence-corrected chi connectivity index (χ0v) is 11.4. The maximum absolute atomic E-state index is 11.5. The van der Waals surface area contributed by atoms with Gasteiger partial charge in [-0.05, 0) is 31.6 Å². The quantitative estimate of drug-likeness (QED) is 0.722. The van der Waals surface area contributed by atoms with E-state index in [9.17, 15) is 9.59 Å². The summed E-state index contributed by atoms with van der Waals surface area (Å²) in [6, 6.07) is -0.0618. The average molecular weight is 243 g/mol. The number of aliphatic carboxylic acids is 1. The van der Waals surface area contributed by atoms with Crippen LogP contribution in [0, 0.1) is 5.41 Å². The van der Waals surface area contributed by atoms with Gasteiger partial charge in [-0.15, -0.1) is 0 Å². The van der Waals surface area contributed by atoms with E-state index in [2.05, 4.69) is 26.1 Å². The summed E-state index contributed by atoms with van der Waals surface area (Å²) in [6.07, 6.45) is 3.00. The number of carboxylic acids is 1. The van der Waals surface area contributed by atoms with E-state index in [1.807, 2.05) is 6.92 Å². The van der Waals surface area contributed by atoms with E-state index in [1.165, 1.54) is 0 Å². The predicted octanol–water partition coefficient (Wildman–Crippen LogP) is 2.57. The van der Waals surface area contributed by atoms with Crippen molar-refractivity contribution in [3.05, 3.63) is 0 Å². The molecule has 0 radical (unpaired) electrons. The molecule has 1 atom stereocenters. The topological polar surface area (TPSA) is 66.4 Å². The van der Waals surface area contributed by atoms with Crippen LogP contribution in [-0.4, -0.2) is 23.0 Å². The largest absolute Gasteiger partial charge is 0.481 e. The lowest BCUT2D eigenvalue weighted by Gasteiger charge is -2.18. The number of nitrogens with one attached hydrogen (secondary N) is 1. The second kappa shape index (κ2) is 7.30. The third-order valence-electron chi connectivity index (χ3n) is 2.53. The summed E-state index contributed by atoms with van der Waals surface area (Å²) in [7, 11) is 0. The summed E-state index contributed by atoms with van der Waals surface area (Å²) >= 11 is 0. The van der Waals surface area contributed by atoms with Gasteiger partial charge in [0, 0.05) is 18.9 Å². The van der Waals surface area contributed by atoms with Gasteiger partial charge < -0.3 is 10.4 Å². The zero-order valence-electron chi connectivity index (χ0n) is 11.4. The van der Waals surface area contributed by atoms with E-state index < -0.39 is 5.97 Å². The Labute approximate surface area is 104 Å². The first-order valence-corrected chi connectivity index (χ1v) is 6.22. The molecule has 0 heterocycles. The van der Waals surface area contributed by atoms with Crippen LogP contribution in [0.1, 0.15) is 59.8 Å². The number of carbonyl (C=O) groups excluding carboxylic acids is 1. The van der Waals surface area contributed by atoms with Crippen LogP contribution < -0.4 is 5.32 Å².